The van der Waals surface area contributed by atoms with Gasteiger partial charge in [0.05, 0.1) is 6.61 Å². The van der Waals surface area contributed by atoms with Crippen LogP contribution in [0.3, 0.4) is 0 Å². The number of hydrogen-bond donors (Lipinski definition) is 2. The summed E-state index contributed by atoms with van der Waals surface area (Å²) in [6.07, 6.45) is 12.2. The van der Waals surface area contributed by atoms with Gasteiger partial charge in [0, 0.05) is 11.6 Å². The minimum absolute atomic E-state index is 0.00383. The summed E-state index contributed by atoms with van der Waals surface area (Å²) in [6.45, 7) is 2.51. The Morgan fingerprint density at radius 1 is 1.00 bits per heavy atom. The summed E-state index contributed by atoms with van der Waals surface area (Å²) >= 11 is 0. The lowest BCUT2D eigenvalue weighted by Crippen LogP contribution is -2.52. The molecule has 2 saturated carbocycles. The second-order valence-corrected chi connectivity index (χ2v) is 6.04. The zero-order valence-corrected chi connectivity index (χ0v) is 10.7. The van der Waals surface area contributed by atoms with Gasteiger partial charge in [-0.1, -0.05) is 32.1 Å². The largest absolute Gasteiger partial charge is 0.394 e. The van der Waals surface area contributed by atoms with Crippen LogP contribution in [0, 0.1) is 5.92 Å². The van der Waals surface area contributed by atoms with Gasteiger partial charge in [-0.25, -0.2) is 0 Å². The van der Waals surface area contributed by atoms with E-state index in [2.05, 4.69) is 12.2 Å². The molecule has 94 valence electrons. The first-order chi connectivity index (χ1) is 7.74. The lowest BCUT2D eigenvalue weighted by Gasteiger charge is -2.35. The molecule has 0 aromatic carbocycles. The molecular weight excluding hydrogens is 198 g/mol. The Morgan fingerprint density at radius 2 is 1.56 bits per heavy atom. The van der Waals surface area contributed by atoms with Crippen molar-refractivity contribution in [1.29, 1.82) is 0 Å². The van der Waals surface area contributed by atoms with Gasteiger partial charge in [0.25, 0.3) is 0 Å². The summed E-state index contributed by atoms with van der Waals surface area (Å²) in [7, 11) is 0. The summed E-state index contributed by atoms with van der Waals surface area (Å²) in [5.74, 6) is 0.725. The van der Waals surface area contributed by atoms with Crippen LogP contribution >= 0.6 is 0 Å². The second kappa shape index (κ2) is 5.50. The molecule has 2 aliphatic rings. The van der Waals surface area contributed by atoms with E-state index < -0.39 is 0 Å². The van der Waals surface area contributed by atoms with Gasteiger partial charge in [-0.05, 0) is 38.5 Å². The van der Waals surface area contributed by atoms with Crippen LogP contribution in [0.15, 0.2) is 0 Å². The van der Waals surface area contributed by atoms with E-state index >= 15 is 0 Å². The third-order valence-electron chi connectivity index (χ3n) is 4.45. The Bertz CT molecular complexity index is 207. The first-order valence-electron chi connectivity index (χ1n) is 7.13. The Kier molecular flexibility index (Phi) is 4.26. The number of aliphatic hydroxyl groups is 1. The third kappa shape index (κ3) is 3.21. The van der Waals surface area contributed by atoms with E-state index in [1.165, 1.54) is 57.8 Å². The molecule has 2 aliphatic carbocycles. The second-order valence-electron chi connectivity index (χ2n) is 6.04. The topological polar surface area (TPSA) is 32.3 Å². The first-order valence-corrected chi connectivity index (χ1v) is 7.13. The Labute approximate surface area is 99.8 Å². The molecule has 0 aromatic rings. The lowest BCUT2D eigenvalue weighted by molar-refractivity contribution is 0.135. The zero-order chi connectivity index (χ0) is 11.4. The molecule has 16 heavy (non-hydrogen) atoms. The van der Waals surface area contributed by atoms with Crippen molar-refractivity contribution in [2.75, 3.05) is 6.61 Å². The van der Waals surface area contributed by atoms with Crippen molar-refractivity contribution in [2.24, 2.45) is 5.92 Å². The van der Waals surface area contributed by atoms with Crippen LogP contribution < -0.4 is 5.32 Å². The van der Waals surface area contributed by atoms with Gasteiger partial charge in [0.1, 0.15) is 0 Å². The molecular formula is C14H27NO. The van der Waals surface area contributed by atoms with Gasteiger partial charge in [0.2, 0.25) is 0 Å². The van der Waals surface area contributed by atoms with Crippen LogP contribution in [0.4, 0.5) is 0 Å². The van der Waals surface area contributed by atoms with Crippen LogP contribution in [0.1, 0.15) is 64.7 Å². The Morgan fingerprint density at radius 3 is 2.06 bits per heavy atom. The highest BCUT2D eigenvalue weighted by Gasteiger charge is 2.41. The third-order valence-corrected chi connectivity index (χ3v) is 4.45. The highest BCUT2D eigenvalue weighted by molar-refractivity contribution is 4.99. The molecule has 2 heteroatoms. The minimum Gasteiger partial charge on any atom is -0.394 e. The highest BCUT2D eigenvalue weighted by atomic mass is 16.3. The molecule has 0 aliphatic heterocycles. The van der Waals surface area contributed by atoms with Crippen LogP contribution in [0.5, 0.6) is 0 Å². The molecule has 0 radical (unpaired) electrons. The molecule has 0 saturated heterocycles. The van der Waals surface area contributed by atoms with Gasteiger partial charge in [-0.15, -0.1) is 0 Å². The lowest BCUT2D eigenvalue weighted by atomic mass is 9.91. The molecule has 0 bridgehead atoms. The fraction of sp³-hybridized carbons (Fsp3) is 1.00. The minimum atomic E-state index is 0.00383. The van der Waals surface area contributed by atoms with Crippen LogP contribution in [0.25, 0.3) is 0 Å². The van der Waals surface area contributed by atoms with Gasteiger partial charge in [-0.3, -0.25) is 0 Å². The molecule has 2 nitrogen and oxygen atoms in total. The van der Waals surface area contributed by atoms with Crippen molar-refractivity contribution in [1.82, 2.24) is 5.32 Å². The van der Waals surface area contributed by atoms with Crippen molar-refractivity contribution in [3.8, 4) is 0 Å². The summed E-state index contributed by atoms with van der Waals surface area (Å²) in [5, 5.41) is 13.4. The summed E-state index contributed by atoms with van der Waals surface area (Å²) in [5.41, 5.74) is 0.00383. The summed E-state index contributed by atoms with van der Waals surface area (Å²) < 4.78 is 0. The van der Waals surface area contributed by atoms with Crippen molar-refractivity contribution >= 4 is 0 Å². The maximum absolute atomic E-state index is 9.59. The molecule has 0 heterocycles. The van der Waals surface area contributed by atoms with E-state index in [1.807, 2.05) is 0 Å². The monoisotopic (exact) mass is 225 g/mol. The van der Waals surface area contributed by atoms with Crippen LogP contribution in [-0.4, -0.2) is 23.3 Å². The molecule has 2 fully saturated rings. The first kappa shape index (κ1) is 12.4. The Balaban J connectivity index is 1.85. The van der Waals surface area contributed by atoms with Gasteiger partial charge in [-0.2, -0.15) is 0 Å². The fourth-order valence-electron chi connectivity index (χ4n) is 3.08. The highest BCUT2D eigenvalue weighted by Crippen LogP contribution is 2.40. The van der Waals surface area contributed by atoms with E-state index in [-0.39, 0.29) is 5.54 Å². The quantitative estimate of drug-likeness (QED) is 0.771. The van der Waals surface area contributed by atoms with Crippen molar-refractivity contribution in [2.45, 2.75) is 76.3 Å². The van der Waals surface area contributed by atoms with Gasteiger partial charge in [0.15, 0.2) is 0 Å². The fourth-order valence-corrected chi connectivity index (χ4v) is 3.08. The molecule has 0 aromatic heterocycles. The predicted octanol–water partition coefficient (Wildman–Crippen LogP) is 2.85. The van der Waals surface area contributed by atoms with E-state index in [4.69, 9.17) is 0 Å². The summed E-state index contributed by atoms with van der Waals surface area (Å²) in [6, 6.07) is 0.651. The standard InChI is InChI=1S/C14H27NO/c1-14(11-16,12-9-10-12)15-13-7-5-3-2-4-6-8-13/h12-13,15-16H,2-11H2,1H3. The molecule has 0 amide bonds. The molecule has 2 rings (SSSR count). The van der Waals surface area contributed by atoms with Gasteiger partial charge >= 0.3 is 0 Å². The normalized spacial score (nSPS) is 28.1. The van der Waals surface area contributed by atoms with E-state index in [0.717, 1.165) is 5.92 Å². The van der Waals surface area contributed by atoms with E-state index in [9.17, 15) is 5.11 Å². The predicted molar refractivity (Wildman–Crippen MR) is 67.5 cm³/mol. The summed E-state index contributed by atoms with van der Waals surface area (Å²) in [4.78, 5) is 0. The number of nitrogens with one attached hydrogen (secondary N) is 1. The van der Waals surface area contributed by atoms with Crippen molar-refractivity contribution in [3.05, 3.63) is 0 Å². The molecule has 1 atom stereocenters. The maximum atomic E-state index is 9.59. The van der Waals surface area contributed by atoms with Crippen LogP contribution in [-0.2, 0) is 0 Å². The van der Waals surface area contributed by atoms with Crippen LogP contribution in [0.2, 0.25) is 0 Å². The van der Waals surface area contributed by atoms with E-state index in [1.54, 1.807) is 0 Å². The molecule has 2 N–H and O–H groups in total. The average molecular weight is 225 g/mol. The SMILES string of the molecule is CC(CO)(NC1CCCCCCC1)C1CC1. The van der Waals surface area contributed by atoms with Crippen molar-refractivity contribution in [3.63, 3.8) is 0 Å². The zero-order valence-electron chi connectivity index (χ0n) is 10.7. The smallest absolute Gasteiger partial charge is 0.0613 e. The Hall–Kier alpha value is -0.0800. The van der Waals surface area contributed by atoms with E-state index in [0.29, 0.717) is 12.6 Å². The van der Waals surface area contributed by atoms with Gasteiger partial charge < -0.3 is 10.4 Å². The number of aliphatic hydroxyl groups excluding tert-OH is 1. The van der Waals surface area contributed by atoms with Crippen molar-refractivity contribution < 1.29 is 5.11 Å². The number of hydrogen-bond acceptors (Lipinski definition) is 2. The molecule has 1 unspecified atom stereocenters. The maximum Gasteiger partial charge on any atom is 0.0613 e. The average Bonchev–Trinajstić information content (AvgIpc) is 3.05. The molecule has 0 spiro atoms. The number of rotatable bonds is 4.